The molecule has 1 heterocycles. The molecular formula is C20H34NO3+. The van der Waals surface area contributed by atoms with E-state index in [0.29, 0.717) is 19.8 Å². The van der Waals surface area contributed by atoms with Crippen LogP contribution in [0.15, 0.2) is 24.5 Å². The molecule has 0 N–H and O–H groups in total. The minimum Gasteiger partial charge on any atom is -0.435 e. The van der Waals surface area contributed by atoms with E-state index in [-0.39, 0.29) is 0 Å². The van der Waals surface area contributed by atoms with Gasteiger partial charge in [-0.3, -0.25) is 0 Å². The van der Waals surface area contributed by atoms with E-state index in [9.17, 15) is 4.79 Å². The van der Waals surface area contributed by atoms with Crippen LogP contribution >= 0.6 is 0 Å². The van der Waals surface area contributed by atoms with E-state index in [2.05, 4.69) is 31.5 Å². The van der Waals surface area contributed by atoms with Crippen LogP contribution in [0.1, 0.15) is 70.8 Å². The Morgan fingerprint density at radius 1 is 0.917 bits per heavy atom. The van der Waals surface area contributed by atoms with Gasteiger partial charge in [-0.2, -0.15) is 0 Å². The molecule has 0 saturated carbocycles. The molecule has 0 amide bonds. The van der Waals surface area contributed by atoms with Crippen molar-refractivity contribution in [1.29, 1.82) is 0 Å². The Balaban J connectivity index is 2.08. The Kier molecular flexibility index (Phi) is 11.8. The second kappa shape index (κ2) is 13.8. The lowest BCUT2D eigenvalue weighted by Gasteiger charge is -2.04. The summed E-state index contributed by atoms with van der Waals surface area (Å²) < 4.78 is 11.7. The molecule has 4 nitrogen and oxygen atoms in total. The zero-order chi connectivity index (χ0) is 17.5. The normalized spacial score (nSPS) is 10.6. The number of carbonyl (C=O) groups is 1. The highest BCUT2D eigenvalue weighted by Gasteiger charge is 2.05. The fourth-order valence-electron chi connectivity index (χ4n) is 2.66. The lowest BCUT2D eigenvalue weighted by Crippen LogP contribution is -2.35. The zero-order valence-corrected chi connectivity index (χ0v) is 15.5. The van der Waals surface area contributed by atoms with Crippen LogP contribution in [0.3, 0.4) is 0 Å². The van der Waals surface area contributed by atoms with E-state index in [1.54, 1.807) is 6.92 Å². The molecule has 1 rings (SSSR count). The second-order valence-corrected chi connectivity index (χ2v) is 6.20. The maximum Gasteiger partial charge on any atom is 0.508 e. The van der Waals surface area contributed by atoms with Crippen LogP contribution in [0.4, 0.5) is 4.79 Å². The molecular weight excluding hydrogens is 302 g/mol. The maximum absolute atomic E-state index is 11.1. The number of hydrogen-bond acceptors (Lipinski definition) is 3. The largest absolute Gasteiger partial charge is 0.508 e. The summed E-state index contributed by atoms with van der Waals surface area (Å²) in [6.45, 7) is 5.36. The number of hydrogen-bond donors (Lipinski definition) is 0. The number of ether oxygens (including phenoxy) is 2. The van der Waals surface area contributed by atoms with Crippen molar-refractivity contribution >= 4 is 6.16 Å². The Morgan fingerprint density at radius 3 is 2.17 bits per heavy atom. The van der Waals surface area contributed by atoms with Gasteiger partial charge in [-0.05, 0) is 25.3 Å². The molecule has 0 aliphatic rings. The second-order valence-electron chi connectivity index (χ2n) is 6.20. The van der Waals surface area contributed by atoms with E-state index in [1.165, 1.54) is 56.9 Å². The van der Waals surface area contributed by atoms with Gasteiger partial charge in [0, 0.05) is 12.1 Å². The Bertz CT molecular complexity index is 431. The van der Waals surface area contributed by atoms with Crippen LogP contribution in [-0.4, -0.2) is 19.4 Å². The minimum atomic E-state index is -0.593. The number of rotatable bonds is 13. The number of unbranched alkanes of at least 4 members (excludes halogenated alkanes) is 7. The van der Waals surface area contributed by atoms with Crippen molar-refractivity contribution in [1.82, 2.24) is 0 Å². The molecule has 0 spiro atoms. The summed E-state index contributed by atoms with van der Waals surface area (Å²) in [5.74, 6) is 0. The van der Waals surface area contributed by atoms with Crippen LogP contribution < -0.4 is 4.57 Å². The lowest BCUT2D eigenvalue weighted by atomic mass is 10.0. The highest BCUT2D eigenvalue weighted by Crippen LogP contribution is 2.10. The van der Waals surface area contributed by atoms with Crippen LogP contribution in [-0.2, 0) is 22.4 Å². The van der Waals surface area contributed by atoms with Crippen molar-refractivity contribution in [3.63, 3.8) is 0 Å². The highest BCUT2D eigenvalue weighted by molar-refractivity contribution is 5.59. The van der Waals surface area contributed by atoms with E-state index in [1.807, 2.05) is 4.57 Å². The van der Waals surface area contributed by atoms with Crippen molar-refractivity contribution in [2.45, 2.75) is 78.2 Å². The lowest BCUT2D eigenvalue weighted by molar-refractivity contribution is -0.698. The molecule has 0 unspecified atom stereocenters. The predicted octanol–water partition coefficient (Wildman–Crippen LogP) is 4.83. The van der Waals surface area contributed by atoms with Gasteiger partial charge in [0.25, 0.3) is 0 Å². The molecule has 0 atom stereocenters. The summed E-state index contributed by atoms with van der Waals surface area (Å²) in [6.07, 6.45) is 15.5. The number of aromatic nitrogens is 1. The van der Waals surface area contributed by atoms with Gasteiger partial charge in [0.1, 0.15) is 0 Å². The first-order valence-corrected chi connectivity index (χ1v) is 9.53. The highest BCUT2D eigenvalue weighted by atomic mass is 16.7. The summed E-state index contributed by atoms with van der Waals surface area (Å²) in [5, 5.41) is 0. The van der Waals surface area contributed by atoms with E-state index < -0.39 is 6.16 Å². The Morgan fingerprint density at radius 2 is 1.54 bits per heavy atom. The van der Waals surface area contributed by atoms with Gasteiger partial charge in [0.05, 0.1) is 6.61 Å². The van der Waals surface area contributed by atoms with Crippen LogP contribution in [0, 0.1) is 0 Å². The minimum absolute atomic E-state index is 0.334. The molecule has 4 heteroatoms. The Hall–Kier alpha value is -1.58. The molecule has 24 heavy (non-hydrogen) atoms. The topological polar surface area (TPSA) is 39.4 Å². The average molecular weight is 336 g/mol. The monoisotopic (exact) mass is 336 g/mol. The summed E-state index contributed by atoms with van der Waals surface area (Å²) >= 11 is 0. The third kappa shape index (κ3) is 10.2. The van der Waals surface area contributed by atoms with Gasteiger partial charge in [-0.25, -0.2) is 9.36 Å². The molecule has 1 aromatic heterocycles. The van der Waals surface area contributed by atoms with Gasteiger partial charge in [-0.1, -0.05) is 51.9 Å². The SMILES string of the molecule is CCCCCCCCCCc1cc[n+](CCOC(=O)OCC)cc1. The molecule has 0 bridgehead atoms. The molecule has 136 valence electrons. The molecule has 0 aromatic carbocycles. The zero-order valence-electron chi connectivity index (χ0n) is 15.5. The smallest absolute Gasteiger partial charge is 0.435 e. The van der Waals surface area contributed by atoms with Crippen molar-refractivity contribution in [2.75, 3.05) is 13.2 Å². The maximum atomic E-state index is 11.1. The summed E-state index contributed by atoms with van der Waals surface area (Å²) in [5.41, 5.74) is 1.38. The number of aryl methyl sites for hydroxylation is 1. The summed E-state index contributed by atoms with van der Waals surface area (Å²) in [6, 6.07) is 4.32. The first-order chi connectivity index (χ1) is 11.8. The number of nitrogens with zero attached hydrogens (tertiary/aromatic N) is 1. The van der Waals surface area contributed by atoms with Crippen molar-refractivity contribution in [2.24, 2.45) is 0 Å². The van der Waals surface area contributed by atoms with Gasteiger partial charge in [-0.15, -0.1) is 0 Å². The molecule has 0 radical (unpaired) electrons. The van der Waals surface area contributed by atoms with Gasteiger partial charge < -0.3 is 9.47 Å². The third-order valence-electron chi connectivity index (χ3n) is 4.11. The van der Waals surface area contributed by atoms with E-state index in [0.717, 1.165) is 6.42 Å². The van der Waals surface area contributed by atoms with E-state index in [4.69, 9.17) is 9.47 Å². The van der Waals surface area contributed by atoms with Crippen molar-refractivity contribution in [3.8, 4) is 0 Å². The average Bonchev–Trinajstić information content (AvgIpc) is 2.59. The standard InChI is InChI=1S/C20H34NO3/c1-3-5-6-7-8-9-10-11-12-19-13-15-21(16-14-19)17-18-24-20(22)23-4-2/h13-16H,3-12,17-18H2,1-2H3/q+1. The first-order valence-electron chi connectivity index (χ1n) is 9.53. The van der Waals surface area contributed by atoms with Crippen LogP contribution in [0.25, 0.3) is 0 Å². The third-order valence-corrected chi connectivity index (χ3v) is 4.11. The predicted molar refractivity (Wildman–Crippen MR) is 95.9 cm³/mol. The van der Waals surface area contributed by atoms with Crippen LogP contribution in [0.5, 0.6) is 0 Å². The molecule has 0 fully saturated rings. The van der Waals surface area contributed by atoms with Crippen LogP contribution in [0.2, 0.25) is 0 Å². The number of pyridine rings is 1. The first kappa shape index (κ1) is 20.5. The summed E-state index contributed by atoms with van der Waals surface area (Å²) in [7, 11) is 0. The molecule has 0 aliphatic carbocycles. The number of carbonyl (C=O) groups excluding carboxylic acids is 1. The van der Waals surface area contributed by atoms with Gasteiger partial charge >= 0.3 is 6.16 Å². The fraction of sp³-hybridized carbons (Fsp3) is 0.700. The quantitative estimate of drug-likeness (QED) is 0.294. The van der Waals surface area contributed by atoms with Gasteiger partial charge in [0.15, 0.2) is 25.5 Å². The van der Waals surface area contributed by atoms with E-state index >= 15 is 0 Å². The Labute approximate surface area is 147 Å². The van der Waals surface area contributed by atoms with Crippen molar-refractivity contribution in [3.05, 3.63) is 30.1 Å². The van der Waals surface area contributed by atoms with Crippen molar-refractivity contribution < 1.29 is 18.8 Å². The van der Waals surface area contributed by atoms with Gasteiger partial charge in [0.2, 0.25) is 0 Å². The molecule has 0 saturated heterocycles. The fourth-order valence-corrected chi connectivity index (χ4v) is 2.66. The molecule has 1 aromatic rings. The molecule has 0 aliphatic heterocycles. The summed E-state index contributed by atoms with van der Waals surface area (Å²) in [4.78, 5) is 11.1.